The van der Waals surface area contributed by atoms with Crippen molar-refractivity contribution in [2.24, 2.45) is 12.8 Å². The maximum atomic E-state index is 12.2. The molecule has 0 aliphatic heterocycles. The summed E-state index contributed by atoms with van der Waals surface area (Å²) in [6, 6.07) is 7.66. The first kappa shape index (κ1) is 19.8. The molecule has 1 atom stereocenters. The highest BCUT2D eigenvalue weighted by atomic mass is 32.2. The number of thioether (sulfide) groups is 1. The summed E-state index contributed by atoms with van der Waals surface area (Å²) in [5.74, 6) is 0.670. The van der Waals surface area contributed by atoms with Gasteiger partial charge in [-0.25, -0.2) is 0 Å². The van der Waals surface area contributed by atoms with Crippen LogP contribution in [0.2, 0.25) is 0 Å². The molecule has 9 heteroatoms. The second-order valence-corrected chi connectivity index (χ2v) is 6.63. The van der Waals surface area contributed by atoms with Gasteiger partial charge in [0.05, 0.1) is 12.3 Å². The first-order chi connectivity index (χ1) is 12.4. The second-order valence-electron chi connectivity index (χ2n) is 5.69. The first-order valence-corrected chi connectivity index (χ1v) is 9.22. The van der Waals surface area contributed by atoms with Crippen molar-refractivity contribution in [1.82, 2.24) is 20.1 Å². The molecule has 2 aromatic rings. The second kappa shape index (κ2) is 9.23. The molecule has 140 valence electrons. The summed E-state index contributed by atoms with van der Waals surface area (Å²) in [6.07, 6.45) is 0.313. The van der Waals surface area contributed by atoms with Crippen molar-refractivity contribution >= 4 is 23.6 Å². The van der Waals surface area contributed by atoms with Crippen LogP contribution in [0, 0.1) is 0 Å². The summed E-state index contributed by atoms with van der Waals surface area (Å²) in [7, 11) is 1.76. The molecule has 0 saturated heterocycles. The van der Waals surface area contributed by atoms with Gasteiger partial charge in [-0.15, -0.1) is 10.2 Å². The molecule has 8 nitrogen and oxygen atoms in total. The number of primary amides is 1. The number of aryl methyl sites for hydroxylation is 1. The van der Waals surface area contributed by atoms with E-state index in [9.17, 15) is 9.59 Å². The third-order valence-electron chi connectivity index (χ3n) is 3.70. The number of hydrogen-bond acceptors (Lipinski definition) is 6. The largest absolute Gasteiger partial charge is 0.481 e. The molecule has 1 unspecified atom stereocenters. The summed E-state index contributed by atoms with van der Waals surface area (Å²) >= 11 is 1.20. The molecule has 26 heavy (non-hydrogen) atoms. The normalized spacial score (nSPS) is 11.8. The van der Waals surface area contributed by atoms with E-state index in [0.717, 1.165) is 6.42 Å². The molecular formula is C17H23N5O3S. The van der Waals surface area contributed by atoms with Gasteiger partial charge in [0.15, 0.2) is 17.1 Å². The number of carbonyl (C=O) groups is 2. The Balaban J connectivity index is 1.86. The van der Waals surface area contributed by atoms with E-state index in [-0.39, 0.29) is 18.2 Å². The van der Waals surface area contributed by atoms with E-state index in [2.05, 4.69) is 22.4 Å². The molecule has 0 fully saturated rings. The lowest BCUT2D eigenvalue weighted by Crippen LogP contribution is -2.36. The Morgan fingerprint density at radius 3 is 2.62 bits per heavy atom. The average Bonchev–Trinajstić information content (AvgIpc) is 2.98. The van der Waals surface area contributed by atoms with Crippen molar-refractivity contribution in [2.75, 3.05) is 5.75 Å². The van der Waals surface area contributed by atoms with Gasteiger partial charge in [0.2, 0.25) is 5.91 Å². The number of nitrogens with two attached hydrogens (primary N) is 1. The zero-order valence-electron chi connectivity index (χ0n) is 15.1. The molecule has 1 heterocycles. The van der Waals surface area contributed by atoms with Crippen LogP contribution in [-0.4, -0.2) is 38.4 Å². The molecule has 0 saturated carbocycles. The standard InChI is InChI=1S/C17H23N5O3S/c1-4-12-5-7-13(8-6-12)25-11(2)16(24)19-9-15-20-21-17(22(15)3)26-10-14(18)23/h5-8,11H,4,9-10H2,1-3H3,(H2,18,23)(H,19,24). The van der Waals surface area contributed by atoms with Crippen molar-refractivity contribution < 1.29 is 14.3 Å². The maximum absolute atomic E-state index is 12.2. The molecule has 0 aliphatic carbocycles. The van der Waals surface area contributed by atoms with Crippen LogP contribution in [-0.2, 0) is 29.6 Å². The van der Waals surface area contributed by atoms with E-state index in [1.54, 1.807) is 18.5 Å². The van der Waals surface area contributed by atoms with Gasteiger partial charge in [-0.1, -0.05) is 30.8 Å². The lowest BCUT2D eigenvalue weighted by atomic mass is 10.2. The Kier molecular flexibility index (Phi) is 7.02. The van der Waals surface area contributed by atoms with Crippen molar-refractivity contribution in [3.05, 3.63) is 35.7 Å². The first-order valence-electron chi connectivity index (χ1n) is 8.23. The Bertz CT molecular complexity index is 760. The average molecular weight is 377 g/mol. The summed E-state index contributed by atoms with van der Waals surface area (Å²) in [4.78, 5) is 23.1. The van der Waals surface area contributed by atoms with Gasteiger partial charge in [0, 0.05) is 7.05 Å². The zero-order valence-corrected chi connectivity index (χ0v) is 15.9. The fourth-order valence-electron chi connectivity index (χ4n) is 2.13. The predicted octanol–water partition coefficient (Wildman–Crippen LogP) is 1.04. The minimum Gasteiger partial charge on any atom is -0.481 e. The lowest BCUT2D eigenvalue weighted by molar-refractivity contribution is -0.127. The molecule has 2 rings (SSSR count). The highest BCUT2D eigenvalue weighted by Gasteiger charge is 2.16. The Morgan fingerprint density at radius 1 is 1.31 bits per heavy atom. The van der Waals surface area contributed by atoms with Gasteiger partial charge in [0.1, 0.15) is 5.75 Å². The third-order valence-corrected chi connectivity index (χ3v) is 4.75. The van der Waals surface area contributed by atoms with Crippen LogP contribution in [0.25, 0.3) is 0 Å². The van der Waals surface area contributed by atoms with Gasteiger partial charge in [0.25, 0.3) is 5.91 Å². The van der Waals surface area contributed by atoms with E-state index in [4.69, 9.17) is 10.5 Å². The molecule has 0 spiro atoms. The van der Waals surface area contributed by atoms with Gasteiger partial charge in [-0.3, -0.25) is 9.59 Å². The maximum Gasteiger partial charge on any atom is 0.261 e. The predicted molar refractivity (Wildman–Crippen MR) is 98.7 cm³/mol. The highest BCUT2D eigenvalue weighted by molar-refractivity contribution is 7.99. The van der Waals surface area contributed by atoms with Gasteiger partial charge in [-0.2, -0.15) is 0 Å². The van der Waals surface area contributed by atoms with Crippen molar-refractivity contribution in [2.45, 2.75) is 38.1 Å². The van der Waals surface area contributed by atoms with Crippen LogP contribution < -0.4 is 15.8 Å². The van der Waals surface area contributed by atoms with Crippen LogP contribution in [0.15, 0.2) is 29.4 Å². The summed E-state index contributed by atoms with van der Waals surface area (Å²) < 4.78 is 7.37. The van der Waals surface area contributed by atoms with Crippen LogP contribution in [0.5, 0.6) is 5.75 Å². The molecule has 0 bridgehead atoms. The number of hydrogen-bond donors (Lipinski definition) is 2. The van der Waals surface area contributed by atoms with E-state index < -0.39 is 12.0 Å². The van der Waals surface area contributed by atoms with E-state index in [1.165, 1.54) is 17.3 Å². The SMILES string of the molecule is CCc1ccc(OC(C)C(=O)NCc2nnc(SCC(N)=O)n2C)cc1. The molecule has 3 N–H and O–H groups in total. The smallest absolute Gasteiger partial charge is 0.261 e. The Hall–Kier alpha value is -2.55. The molecule has 2 amide bonds. The Morgan fingerprint density at radius 2 is 2.00 bits per heavy atom. The van der Waals surface area contributed by atoms with Gasteiger partial charge in [-0.05, 0) is 31.0 Å². The molecule has 0 radical (unpaired) electrons. The van der Waals surface area contributed by atoms with Crippen LogP contribution in [0.1, 0.15) is 25.2 Å². The number of amides is 2. The summed E-state index contributed by atoms with van der Waals surface area (Å²) in [5, 5.41) is 11.3. The summed E-state index contributed by atoms with van der Waals surface area (Å²) in [6.45, 7) is 3.98. The van der Waals surface area contributed by atoms with Crippen LogP contribution in [0.4, 0.5) is 0 Å². The fraction of sp³-hybridized carbons (Fsp3) is 0.412. The third kappa shape index (κ3) is 5.48. The van der Waals surface area contributed by atoms with Crippen LogP contribution in [0.3, 0.4) is 0 Å². The van der Waals surface area contributed by atoms with E-state index in [1.807, 2.05) is 24.3 Å². The number of benzene rings is 1. The fourth-order valence-corrected chi connectivity index (χ4v) is 2.80. The molecule has 1 aromatic heterocycles. The van der Waals surface area contributed by atoms with Gasteiger partial charge >= 0.3 is 0 Å². The van der Waals surface area contributed by atoms with Crippen molar-refractivity contribution in [3.8, 4) is 5.75 Å². The molecule has 1 aromatic carbocycles. The number of carbonyl (C=O) groups excluding carboxylic acids is 2. The zero-order chi connectivity index (χ0) is 19.1. The molecule has 0 aliphatic rings. The minimum atomic E-state index is -0.639. The highest BCUT2D eigenvalue weighted by Crippen LogP contribution is 2.16. The van der Waals surface area contributed by atoms with Crippen molar-refractivity contribution in [1.29, 1.82) is 0 Å². The molecular weight excluding hydrogens is 354 g/mol. The Labute approximate surface area is 156 Å². The number of rotatable bonds is 9. The van der Waals surface area contributed by atoms with E-state index >= 15 is 0 Å². The van der Waals surface area contributed by atoms with E-state index in [0.29, 0.717) is 16.7 Å². The lowest BCUT2D eigenvalue weighted by Gasteiger charge is -2.15. The van der Waals surface area contributed by atoms with Crippen LogP contribution >= 0.6 is 11.8 Å². The minimum absolute atomic E-state index is 0.125. The van der Waals surface area contributed by atoms with Gasteiger partial charge < -0.3 is 20.4 Å². The monoisotopic (exact) mass is 377 g/mol. The number of aromatic nitrogens is 3. The quantitative estimate of drug-likeness (QED) is 0.632. The topological polar surface area (TPSA) is 112 Å². The van der Waals surface area contributed by atoms with Crippen molar-refractivity contribution in [3.63, 3.8) is 0 Å². The number of ether oxygens (including phenoxy) is 1. The number of nitrogens with zero attached hydrogens (tertiary/aromatic N) is 3. The number of nitrogens with one attached hydrogen (secondary N) is 1. The summed E-state index contributed by atoms with van der Waals surface area (Å²) in [5.41, 5.74) is 6.33.